The van der Waals surface area contributed by atoms with Crippen LogP contribution >= 0.6 is 0 Å². The van der Waals surface area contributed by atoms with Gasteiger partial charge in [0.25, 0.3) is 0 Å². The van der Waals surface area contributed by atoms with Gasteiger partial charge in [-0.1, -0.05) is 29.9 Å². The first-order valence-corrected chi connectivity index (χ1v) is 4.60. The number of hydrogen-bond donors (Lipinski definition) is 1. The lowest BCUT2D eigenvalue weighted by atomic mass is 9.78. The fourth-order valence-electron chi connectivity index (χ4n) is 1.90. The van der Waals surface area contributed by atoms with Gasteiger partial charge in [0, 0.05) is 6.42 Å². The van der Waals surface area contributed by atoms with Crippen molar-refractivity contribution in [1.82, 2.24) is 0 Å². The number of hydrogen-bond acceptors (Lipinski definition) is 1. The van der Waals surface area contributed by atoms with E-state index in [9.17, 15) is 5.11 Å². The molecule has 68 valence electrons. The zero-order valence-corrected chi connectivity index (χ0v) is 8.04. The van der Waals surface area contributed by atoms with Crippen LogP contribution in [0.4, 0.5) is 0 Å². The molecule has 0 heterocycles. The molecule has 0 spiro atoms. The van der Waals surface area contributed by atoms with E-state index in [0.717, 1.165) is 5.57 Å². The van der Waals surface area contributed by atoms with E-state index in [1.807, 2.05) is 24.3 Å². The van der Waals surface area contributed by atoms with Crippen LogP contribution in [0.1, 0.15) is 20.3 Å². The largest absolute Gasteiger partial charge is 0.381 e. The minimum absolute atomic E-state index is 0.701. The molecule has 1 unspecified atom stereocenters. The average molecular weight is 174 g/mol. The molecule has 0 aromatic heterocycles. The molecule has 0 aromatic carbocycles. The van der Waals surface area contributed by atoms with Crippen LogP contribution in [-0.4, -0.2) is 10.7 Å². The van der Waals surface area contributed by atoms with Gasteiger partial charge in [0.2, 0.25) is 0 Å². The summed E-state index contributed by atoms with van der Waals surface area (Å²) >= 11 is 0. The minimum atomic E-state index is -0.738. The highest BCUT2D eigenvalue weighted by molar-refractivity contribution is 5.52. The fraction of sp³-hybridized carbons (Fsp3) is 0.333. The number of fused-ring (bicyclic) bond motifs is 1. The highest BCUT2D eigenvalue weighted by Crippen LogP contribution is 2.36. The topological polar surface area (TPSA) is 20.2 Å². The Balaban J connectivity index is 2.55. The maximum Gasteiger partial charge on any atom is 0.112 e. The normalized spacial score (nSPS) is 31.8. The predicted molar refractivity (Wildman–Crippen MR) is 54.3 cm³/mol. The van der Waals surface area contributed by atoms with Crippen LogP contribution in [0.5, 0.6) is 0 Å². The van der Waals surface area contributed by atoms with Gasteiger partial charge < -0.3 is 5.11 Å². The molecule has 0 radical (unpaired) electrons. The van der Waals surface area contributed by atoms with E-state index in [1.165, 1.54) is 11.1 Å². The standard InChI is InChI=1S/C12H14O/c1-9-6-8-12(13)7-4-3-5-11(12)10(9)2/h3-7,13H,8H2,1-2H3. The molecule has 0 saturated heterocycles. The van der Waals surface area contributed by atoms with Crippen molar-refractivity contribution in [3.8, 4) is 0 Å². The monoisotopic (exact) mass is 174 g/mol. The summed E-state index contributed by atoms with van der Waals surface area (Å²) in [7, 11) is 0. The van der Waals surface area contributed by atoms with E-state index in [-0.39, 0.29) is 0 Å². The second-order valence-electron chi connectivity index (χ2n) is 3.77. The van der Waals surface area contributed by atoms with Crippen molar-refractivity contribution >= 4 is 0 Å². The van der Waals surface area contributed by atoms with Gasteiger partial charge in [-0.3, -0.25) is 0 Å². The third kappa shape index (κ3) is 1.20. The van der Waals surface area contributed by atoms with Gasteiger partial charge in [-0.2, -0.15) is 0 Å². The van der Waals surface area contributed by atoms with E-state index in [2.05, 4.69) is 19.9 Å². The molecule has 1 nitrogen and oxygen atoms in total. The molecule has 13 heavy (non-hydrogen) atoms. The zero-order valence-electron chi connectivity index (χ0n) is 8.04. The summed E-state index contributed by atoms with van der Waals surface area (Å²) in [5, 5.41) is 10.2. The van der Waals surface area contributed by atoms with Gasteiger partial charge in [-0.05, 0) is 31.1 Å². The van der Waals surface area contributed by atoms with Gasteiger partial charge in [-0.25, -0.2) is 0 Å². The Morgan fingerprint density at radius 1 is 1.31 bits per heavy atom. The summed E-state index contributed by atoms with van der Waals surface area (Å²) in [6.45, 7) is 4.16. The first-order chi connectivity index (χ1) is 6.13. The molecular formula is C12H14O. The molecule has 0 aliphatic heterocycles. The van der Waals surface area contributed by atoms with Crippen molar-refractivity contribution in [3.63, 3.8) is 0 Å². The summed E-state index contributed by atoms with van der Waals surface area (Å²) in [6.07, 6.45) is 10.6. The Morgan fingerprint density at radius 3 is 2.85 bits per heavy atom. The van der Waals surface area contributed by atoms with E-state index >= 15 is 0 Å². The first kappa shape index (κ1) is 8.52. The lowest BCUT2D eigenvalue weighted by molar-refractivity contribution is 0.133. The molecule has 2 rings (SSSR count). The maximum atomic E-state index is 10.2. The van der Waals surface area contributed by atoms with Crippen LogP contribution in [0.2, 0.25) is 0 Å². The maximum absolute atomic E-state index is 10.2. The van der Waals surface area contributed by atoms with Crippen LogP contribution < -0.4 is 0 Å². The Morgan fingerprint density at radius 2 is 2.08 bits per heavy atom. The lowest BCUT2D eigenvalue weighted by Gasteiger charge is -2.32. The predicted octanol–water partition coefficient (Wildman–Crippen LogP) is 2.51. The minimum Gasteiger partial charge on any atom is -0.381 e. The van der Waals surface area contributed by atoms with Crippen molar-refractivity contribution in [2.75, 3.05) is 0 Å². The van der Waals surface area contributed by atoms with Crippen LogP contribution in [0.3, 0.4) is 0 Å². The van der Waals surface area contributed by atoms with Gasteiger partial charge in [0.05, 0.1) is 0 Å². The number of rotatable bonds is 0. The van der Waals surface area contributed by atoms with Crippen molar-refractivity contribution in [2.24, 2.45) is 0 Å². The Bertz CT molecular complexity index is 355. The highest BCUT2D eigenvalue weighted by Gasteiger charge is 2.31. The van der Waals surface area contributed by atoms with Crippen molar-refractivity contribution < 1.29 is 5.11 Å². The third-order valence-corrected chi connectivity index (χ3v) is 2.93. The molecular weight excluding hydrogens is 160 g/mol. The van der Waals surface area contributed by atoms with Gasteiger partial charge in [-0.15, -0.1) is 0 Å². The smallest absolute Gasteiger partial charge is 0.112 e. The quantitative estimate of drug-likeness (QED) is 0.598. The fourth-order valence-corrected chi connectivity index (χ4v) is 1.90. The molecule has 1 atom stereocenters. The van der Waals surface area contributed by atoms with Crippen LogP contribution in [0.25, 0.3) is 0 Å². The SMILES string of the molecule is CC1=CCC2(O)C=CC=CC2=C1C. The first-order valence-electron chi connectivity index (χ1n) is 4.60. The van der Waals surface area contributed by atoms with Crippen LogP contribution in [0.15, 0.2) is 47.1 Å². The van der Waals surface area contributed by atoms with Gasteiger partial charge >= 0.3 is 0 Å². The molecule has 0 amide bonds. The molecule has 1 N–H and O–H groups in total. The Labute approximate surface area is 78.8 Å². The summed E-state index contributed by atoms with van der Waals surface area (Å²) in [4.78, 5) is 0. The van der Waals surface area contributed by atoms with Crippen molar-refractivity contribution in [1.29, 1.82) is 0 Å². The highest BCUT2D eigenvalue weighted by atomic mass is 16.3. The van der Waals surface area contributed by atoms with E-state index in [1.54, 1.807) is 0 Å². The van der Waals surface area contributed by atoms with E-state index in [4.69, 9.17) is 0 Å². The molecule has 2 aliphatic carbocycles. The third-order valence-electron chi connectivity index (χ3n) is 2.93. The zero-order chi connectivity index (χ0) is 9.47. The molecule has 2 aliphatic rings. The second-order valence-corrected chi connectivity index (χ2v) is 3.77. The lowest BCUT2D eigenvalue weighted by Crippen LogP contribution is -2.31. The summed E-state index contributed by atoms with van der Waals surface area (Å²) in [5.74, 6) is 0. The Hall–Kier alpha value is -1.08. The average Bonchev–Trinajstić information content (AvgIpc) is 2.12. The molecule has 0 aromatic rings. The molecule has 1 heteroatoms. The van der Waals surface area contributed by atoms with Gasteiger partial charge in [0.1, 0.15) is 5.60 Å². The molecule has 0 bridgehead atoms. The van der Waals surface area contributed by atoms with Gasteiger partial charge in [0.15, 0.2) is 0 Å². The van der Waals surface area contributed by atoms with E-state index < -0.39 is 5.60 Å². The molecule has 0 fully saturated rings. The molecule has 0 saturated carbocycles. The summed E-state index contributed by atoms with van der Waals surface area (Å²) in [6, 6.07) is 0. The van der Waals surface area contributed by atoms with Crippen LogP contribution in [0, 0.1) is 0 Å². The summed E-state index contributed by atoms with van der Waals surface area (Å²) < 4.78 is 0. The Kier molecular flexibility index (Phi) is 1.77. The number of aliphatic hydroxyl groups is 1. The number of allylic oxidation sites excluding steroid dienone is 4. The van der Waals surface area contributed by atoms with Crippen LogP contribution in [-0.2, 0) is 0 Å². The second kappa shape index (κ2) is 2.71. The summed E-state index contributed by atoms with van der Waals surface area (Å²) in [5.41, 5.74) is 2.79. The van der Waals surface area contributed by atoms with E-state index in [0.29, 0.717) is 6.42 Å². The van der Waals surface area contributed by atoms with Crippen molar-refractivity contribution in [3.05, 3.63) is 47.1 Å². The van der Waals surface area contributed by atoms with Crippen molar-refractivity contribution in [2.45, 2.75) is 25.9 Å².